The molecule has 16 heavy (non-hydrogen) atoms. The molecule has 1 heterocycles. The predicted octanol–water partition coefficient (Wildman–Crippen LogP) is 3.41. The molecule has 1 aromatic heterocycles. The maximum Gasteiger partial charge on any atom is 0.246 e. The fourth-order valence-corrected chi connectivity index (χ4v) is 2.22. The van der Waals surface area contributed by atoms with E-state index >= 15 is 0 Å². The van der Waals surface area contributed by atoms with Gasteiger partial charge in [0.15, 0.2) is 0 Å². The standard InChI is InChI=1S/C13H19NOS/c1-5-14(13(2,3)4)12(15)7-6-11-8-9-16-10-11/h6-10H,5H2,1-4H3/b7-6+. The molecule has 1 amide bonds. The topological polar surface area (TPSA) is 20.3 Å². The van der Waals surface area contributed by atoms with Gasteiger partial charge < -0.3 is 4.90 Å². The van der Waals surface area contributed by atoms with Crippen molar-refractivity contribution >= 4 is 23.3 Å². The van der Waals surface area contributed by atoms with E-state index in [1.807, 2.05) is 55.5 Å². The van der Waals surface area contributed by atoms with E-state index in [1.54, 1.807) is 17.4 Å². The molecule has 0 fully saturated rings. The lowest BCUT2D eigenvalue weighted by Gasteiger charge is -2.33. The molecule has 0 aliphatic heterocycles. The second-order valence-electron chi connectivity index (χ2n) is 4.64. The fraction of sp³-hybridized carbons (Fsp3) is 0.462. The Morgan fingerprint density at radius 3 is 2.62 bits per heavy atom. The summed E-state index contributed by atoms with van der Waals surface area (Å²) in [7, 11) is 0. The maximum atomic E-state index is 12.0. The second kappa shape index (κ2) is 5.30. The van der Waals surface area contributed by atoms with E-state index in [9.17, 15) is 4.79 Å². The van der Waals surface area contributed by atoms with Crippen LogP contribution in [-0.4, -0.2) is 22.9 Å². The molecular formula is C13H19NOS. The Bertz CT molecular complexity index is 360. The highest BCUT2D eigenvalue weighted by molar-refractivity contribution is 7.08. The first-order valence-electron chi connectivity index (χ1n) is 5.47. The van der Waals surface area contributed by atoms with E-state index in [-0.39, 0.29) is 11.4 Å². The van der Waals surface area contributed by atoms with Crippen molar-refractivity contribution in [3.05, 3.63) is 28.5 Å². The summed E-state index contributed by atoms with van der Waals surface area (Å²) in [6, 6.07) is 2.00. The van der Waals surface area contributed by atoms with Crippen molar-refractivity contribution in [3.8, 4) is 0 Å². The Kier molecular flexibility index (Phi) is 4.30. The lowest BCUT2D eigenvalue weighted by Crippen LogP contribution is -2.44. The van der Waals surface area contributed by atoms with E-state index in [4.69, 9.17) is 0 Å². The molecule has 1 aromatic rings. The number of nitrogens with zero attached hydrogens (tertiary/aromatic N) is 1. The van der Waals surface area contributed by atoms with Gasteiger partial charge in [-0.3, -0.25) is 4.79 Å². The van der Waals surface area contributed by atoms with E-state index in [0.29, 0.717) is 0 Å². The number of thiophene rings is 1. The third kappa shape index (κ3) is 3.49. The zero-order valence-electron chi connectivity index (χ0n) is 10.4. The van der Waals surface area contributed by atoms with E-state index in [0.717, 1.165) is 12.1 Å². The molecule has 0 bridgehead atoms. The highest BCUT2D eigenvalue weighted by atomic mass is 32.1. The van der Waals surface area contributed by atoms with E-state index in [2.05, 4.69) is 0 Å². The molecule has 0 spiro atoms. The van der Waals surface area contributed by atoms with Gasteiger partial charge in [0.1, 0.15) is 0 Å². The van der Waals surface area contributed by atoms with Gasteiger partial charge in [-0.25, -0.2) is 0 Å². The van der Waals surface area contributed by atoms with Gasteiger partial charge in [0.05, 0.1) is 0 Å². The smallest absolute Gasteiger partial charge is 0.246 e. The molecule has 3 heteroatoms. The number of hydrogen-bond acceptors (Lipinski definition) is 2. The van der Waals surface area contributed by atoms with Crippen LogP contribution in [0.2, 0.25) is 0 Å². The van der Waals surface area contributed by atoms with Crippen LogP contribution in [0.1, 0.15) is 33.3 Å². The summed E-state index contributed by atoms with van der Waals surface area (Å²) in [4.78, 5) is 13.8. The number of carbonyl (C=O) groups is 1. The minimum absolute atomic E-state index is 0.0706. The van der Waals surface area contributed by atoms with Crippen LogP contribution >= 0.6 is 11.3 Å². The quantitative estimate of drug-likeness (QED) is 0.738. The minimum atomic E-state index is -0.120. The van der Waals surface area contributed by atoms with Crippen LogP contribution in [0.5, 0.6) is 0 Å². The van der Waals surface area contributed by atoms with Crippen LogP contribution in [0, 0.1) is 0 Å². The van der Waals surface area contributed by atoms with Crippen molar-refractivity contribution in [2.24, 2.45) is 0 Å². The van der Waals surface area contributed by atoms with Gasteiger partial charge in [0, 0.05) is 18.2 Å². The molecule has 0 radical (unpaired) electrons. The van der Waals surface area contributed by atoms with Crippen LogP contribution in [0.15, 0.2) is 22.9 Å². The average Bonchev–Trinajstić information content (AvgIpc) is 2.65. The van der Waals surface area contributed by atoms with E-state index in [1.165, 1.54) is 0 Å². The SMILES string of the molecule is CCN(C(=O)/C=C/c1ccsc1)C(C)(C)C. The van der Waals surface area contributed by atoms with Crippen LogP contribution in [-0.2, 0) is 4.79 Å². The van der Waals surface area contributed by atoms with Crippen molar-refractivity contribution in [1.82, 2.24) is 4.90 Å². The molecule has 0 N–H and O–H groups in total. The molecule has 0 aliphatic carbocycles. The van der Waals surface area contributed by atoms with Gasteiger partial charge in [-0.1, -0.05) is 0 Å². The molecule has 0 saturated carbocycles. The zero-order chi connectivity index (χ0) is 12.2. The third-order valence-electron chi connectivity index (χ3n) is 2.35. The molecule has 2 nitrogen and oxygen atoms in total. The first-order valence-corrected chi connectivity index (χ1v) is 6.41. The van der Waals surface area contributed by atoms with Gasteiger partial charge in [-0.15, -0.1) is 0 Å². The summed E-state index contributed by atoms with van der Waals surface area (Å²) >= 11 is 1.63. The Morgan fingerprint density at radius 1 is 1.50 bits per heavy atom. The first kappa shape index (κ1) is 13.0. The molecule has 0 aliphatic rings. The number of rotatable bonds is 3. The Balaban J connectivity index is 2.71. The van der Waals surface area contributed by atoms with Crippen LogP contribution in [0.25, 0.3) is 6.08 Å². The molecule has 0 aromatic carbocycles. The predicted molar refractivity (Wildman–Crippen MR) is 70.5 cm³/mol. The highest BCUT2D eigenvalue weighted by Gasteiger charge is 2.22. The summed E-state index contributed by atoms with van der Waals surface area (Å²) in [5.41, 5.74) is 0.966. The largest absolute Gasteiger partial charge is 0.335 e. The fourth-order valence-electron chi connectivity index (χ4n) is 1.59. The summed E-state index contributed by atoms with van der Waals surface area (Å²) in [6.45, 7) is 8.88. The first-order chi connectivity index (χ1) is 7.45. The summed E-state index contributed by atoms with van der Waals surface area (Å²) in [5.74, 6) is 0.0706. The van der Waals surface area contributed by atoms with Crippen LogP contribution in [0.4, 0.5) is 0 Å². The summed E-state index contributed by atoms with van der Waals surface area (Å²) in [5, 5.41) is 4.03. The number of carbonyl (C=O) groups excluding carboxylic acids is 1. The molecule has 0 saturated heterocycles. The Morgan fingerprint density at radius 2 is 2.19 bits per heavy atom. The van der Waals surface area contributed by atoms with Gasteiger partial charge in [0.25, 0.3) is 0 Å². The van der Waals surface area contributed by atoms with Crippen molar-refractivity contribution in [3.63, 3.8) is 0 Å². The minimum Gasteiger partial charge on any atom is -0.335 e. The van der Waals surface area contributed by atoms with Gasteiger partial charge in [-0.2, -0.15) is 11.3 Å². The van der Waals surface area contributed by atoms with Crippen molar-refractivity contribution in [1.29, 1.82) is 0 Å². The van der Waals surface area contributed by atoms with Crippen molar-refractivity contribution in [2.45, 2.75) is 33.2 Å². The number of amides is 1. The Hall–Kier alpha value is -1.09. The second-order valence-corrected chi connectivity index (χ2v) is 5.42. The summed E-state index contributed by atoms with van der Waals surface area (Å²) in [6.07, 6.45) is 3.52. The van der Waals surface area contributed by atoms with Gasteiger partial charge >= 0.3 is 0 Å². The molecule has 88 valence electrons. The Labute approximate surface area is 102 Å². The lowest BCUT2D eigenvalue weighted by atomic mass is 10.1. The number of likely N-dealkylation sites (N-methyl/N-ethyl adjacent to an activating group) is 1. The highest BCUT2D eigenvalue weighted by Crippen LogP contribution is 2.14. The zero-order valence-corrected chi connectivity index (χ0v) is 11.2. The third-order valence-corrected chi connectivity index (χ3v) is 3.06. The van der Waals surface area contributed by atoms with E-state index < -0.39 is 0 Å². The maximum absolute atomic E-state index is 12.0. The lowest BCUT2D eigenvalue weighted by molar-refractivity contribution is -0.130. The molecule has 1 rings (SSSR count). The van der Waals surface area contributed by atoms with Crippen molar-refractivity contribution in [2.75, 3.05) is 6.54 Å². The summed E-state index contributed by atoms with van der Waals surface area (Å²) < 4.78 is 0. The molecular weight excluding hydrogens is 218 g/mol. The van der Waals surface area contributed by atoms with Crippen LogP contribution < -0.4 is 0 Å². The molecule has 0 unspecified atom stereocenters. The monoisotopic (exact) mass is 237 g/mol. The van der Waals surface area contributed by atoms with Crippen molar-refractivity contribution < 1.29 is 4.79 Å². The van der Waals surface area contributed by atoms with Gasteiger partial charge in [0.2, 0.25) is 5.91 Å². The average molecular weight is 237 g/mol. The normalized spacial score (nSPS) is 12.0. The van der Waals surface area contributed by atoms with Crippen LogP contribution in [0.3, 0.4) is 0 Å². The van der Waals surface area contributed by atoms with Gasteiger partial charge in [-0.05, 0) is 56.2 Å². The number of hydrogen-bond donors (Lipinski definition) is 0. The molecule has 0 atom stereocenters.